The van der Waals surface area contributed by atoms with Gasteiger partial charge in [-0.15, -0.1) is 0 Å². The third kappa shape index (κ3) is 8.84. The lowest BCUT2D eigenvalue weighted by Gasteiger charge is -2.28. The molecular formula is C31H45N3O3. The van der Waals surface area contributed by atoms with Crippen LogP contribution in [-0.4, -0.2) is 75.3 Å². The molecule has 0 saturated carbocycles. The molecule has 2 aromatic carbocycles. The summed E-state index contributed by atoms with van der Waals surface area (Å²) in [6.45, 7) is 12.2. The highest BCUT2D eigenvalue weighted by Gasteiger charge is 2.18. The summed E-state index contributed by atoms with van der Waals surface area (Å²) in [6, 6.07) is 14.7. The average Bonchev–Trinajstić information content (AvgIpc) is 2.89. The standard InChI is InChI=1S/C31H45N3O3/c1-24(2)9-14-34-15-16-36-17-18-37-30-8-7-28(31(35)32-22-25-10-12-33(3)13-11-25)21-29(30)20-26-5-4-6-27(19-26)23-34/h4-8,19,21,24-25H,9-18,20,22-23H2,1-3H3,(H,32,35). The van der Waals surface area contributed by atoms with E-state index in [0.717, 1.165) is 69.8 Å². The maximum Gasteiger partial charge on any atom is 0.251 e. The Labute approximate surface area is 223 Å². The minimum atomic E-state index is -0.000916. The highest BCUT2D eigenvalue weighted by molar-refractivity contribution is 5.94. The molecule has 202 valence electrons. The molecule has 6 heteroatoms. The summed E-state index contributed by atoms with van der Waals surface area (Å²) >= 11 is 0. The topological polar surface area (TPSA) is 54.0 Å². The molecule has 1 saturated heterocycles. The Morgan fingerprint density at radius 1 is 1.03 bits per heavy atom. The zero-order valence-corrected chi connectivity index (χ0v) is 23.0. The molecule has 2 bridgehead atoms. The highest BCUT2D eigenvalue weighted by atomic mass is 16.5. The minimum Gasteiger partial charge on any atom is -0.491 e. The summed E-state index contributed by atoms with van der Waals surface area (Å²) in [5, 5.41) is 3.18. The number of hydrogen-bond acceptors (Lipinski definition) is 5. The Morgan fingerprint density at radius 2 is 1.84 bits per heavy atom. The van der Waals surface area contributed by atoms with E-state index in [1.54, 1.807) is 0 Å². The number of carbonyl (C=O) groups is 1. The van der Waals surface area contributed by atoms with Gasteiger partial charge in [-0.25, -0.2) is 0 Å². The molecule has 6 nitrogen and oxygen atoms in total. The Bertz CT molecular complexity index is 1000. The molecule has 0 spiro atoms. The molecule has 0 radical (unpaired) electrons. The molecule has 2 aliphatic heterocycles. The van der Waals surface area contributed by atoms with Gasteiger partial charge >= 0.3 is 0 Å². The number of likely N-dealkylation sites (tertiary alicyclic amines) is 1. The van der Waals surface area contributed by atoms with Gasteiger partial charge in [-0.05, 0) is 92.7 Å². The fourth-order valence-corrected chi connectivity index (χ4v) is 5.14. The third-order valence-electron chi connectivity index (χ3n) is 7.56. The Hall–Kier alpha value is -2.41. The number of ether oxygens (including phenoxy) is 2. The summed E-state index contributed by atoms with van der Waals surface area (Å²) in [7, 11) is 2.16. The van der Waals surface area contributed by atoms with Crippen molar-refractivity contribution in [2.75, 3.05) is 59.6 Å². The van der Waals surface area contributed by atoms with Gasteiger partial charge in [-0.1, -0.05) is 38.1 Å². The van der Waals surface area contributed by atoms with Crippen molar-refractivity contribution in [2.45, 2.75) is 46.1 Å². The van der Waals surface area contributed by atoms with Gasteiger partial charge in [0.15, 0.2) is 0 Å². The van der Waals surface area contributed by atoms with Gasteiger partial charge in [0.25, 0.3) is 5.91 Å². The number of nitrogens with zero attached hydrogens (tertiary/aromatic N) is 2. The van der Waals surface area contributed by atoms with E-state index in [9.17, 15) is 4.79 Å². The van der Waals surface area contributed by atoms with Crippen molar-refractivity contribution in [1.82, 2.24) is 15.1 Å². The molecule has 2 aliphatic rings. The van der Waals surface area contributed by atoms with Gasteiger partial charge in [0.1, 0.15) is 12.4 Å². The molecule has 1 N–H and O–H groups in total. The van der Waals surface area contributed by atoms with Crippen LogP contribution < -0.4 is 10.1 Å². The normalized spacial score (nSPS) is 18.6. The average molecular weight is 508 g/mol. The molecule has 37 heavy (non-hydrogen) atoms. The zero-order valence-electron chi connectivity index (χ0n) is 23.0. The first-order chi connectivity index (χ1) is 18.0. The van der Waals surface area contributed by atoms with Gasteiger partial charge in [-0.3, -0.25) is 9.69 Å². The summed E-state index contributed by atoms with van der Waals surface area (Å²) in [5.74, 6) is 2.07. The van der Waals surface area contributed by atoms with E-state index in [-0.39, 0.29) is 5.91 Å². The van der Waals surface area contributed by atoms with Crippen LogP contribution in [0.3, 0.4) is 0 Å². The van der Waals surface area contributed by atoms with Crippen LogP contribution >= 0.6 is 0 Å². The Morgan fingerprint density at radius 3 is 2.65 bits per heavy atom. The van der Waals surface area contributed by atoms with Crippen LogP contribution in [0.15, 0.2) is 42.5 Å². The number of benzene rings is 2. The molecule has 4 rings (SSSR count). The van der Waals surface area contributed by atoms with Crippen LogP contribution in [0, 0.1) is 11.8 Å². The molecule has 0 unspecified atom stereocenters. The summed E-state index contributed by atoms with van der Waals surface area (Å²) < 4.78 is 12.0. The monoisotopic (exact) mass is 507 g/mol. The number of piperidine rings is 1. The van der Waals surface area contributed by atoms with E-state index in [4.69, 9.17) is 9.47 Å². The molecule has 1 amide bonds. The predicted molar refractivity (Wildman–Crippen MR) is 149 cm³/mol. The summed E-state index contributed by atoms with van der Waals surface area (Å²) in [6.07, 6.45) is 4.19. The maximum atomic E-state index is 13.0. The van der Waals surface area contributed by atoms with E-state index >= 15 is 0 Å². The van der Waals surface area contributed by atoms with E-state index in [0.29, 0.717) is 37.2 Å². The first kappa shape index (κ1) is 27.6. The van der Waals surface area contributed by atoms with E-state index < -0.39 is 0 Å². The van der Waals surface area contributed by atoms with Gasteiger partial charge in [-0.2, -0.15) is 0 Å². The number of hydrogen-bond donors (Lipinski definition) is 1. The predicted octanol–water partition coefficient (Wildman–Crippen LogP) is 4.61. The first-order valence-electron chi connectivity index (χ1n) is 14.1. The number of amides is 1. The molecule has 2 heterocycles. The van der Waals surface area contributed by atoms with Crippen LogP contribution in [0.1, 0.15) is 60.2 Å². The molecule has 2 aromatic rings. The lowest BCUT2D eigenvalue weighted by Crippen LogP contribution is -2.36. The first-order valence-corrected chi connectivity index (χ1v) is 14.1. The van der Waals surface area contributed by atoms with Crippen molar-refractivity contribution < 1.29 is 14.3 Å². The second kappa shape index (κ2) is 13.9. The molecular weight excluding hydrogens is 462 g/mol. The number of rotatable bonds is 6. The second-order valence-electron chi connectivity index (χ2n) is 11.2. The second-order valence-corrected chi connectivity index (χ2v) is 11.2. The van der Waals surface area contributed by atoms with Gasteiger partial charge < -0.3 is 19.7 Å². The van der Waals surface area contributed by atoms with Crippen molar-refractivity contribution in [2.24, 2.45) is 11.8 Å². The van der Waals surface area contributed by atoms with Gasteiger partial charge in [0, 0.05) is 31.6 Å². The van der Waals surface area contributed by atoms with Crippen molar-refractivity contribution >= 4 is 5.91 Å². The van der Waals surface area contributed by atoms with Crippen LogP contribution in [-0.2, 0) is 17.7 Å². The van der Waals surface area contributed by atoms with Gasteiger partial charge in [0.2, 0.25) is 0 Å². The van der Waals surface area contributed by atoms with Crippen LogP contribution in [0.4, 0.5) is 0 Å². The fraction of sp³-hybridized carbons (Fsp3) is 0.581. The number of carbonyl (C=O) groups excluding carboxylic acids is 1. The number of nitrogens with one attached hydrogen (secondary N) is 1. The Balaban J connectivity index is 1.47. The van der Waals surface area contributed by atoms with Crippen molar-refractivity contribution in [1.29, 1.82) is 0 Å². The molecule has 0 atom stereocenters. The van der Waals surface area contributed by atoms with Crippen molar-refractivity contribution in [3.63, 3.8) is 0 Å². The smallest absolute Gasteiger partial charge is 0.251 e. The molecule has 0 aliphatic carbocycles. The minimum absolute atomic E-state index is 0.000916. The number of fused-ring (bicyclic) bond motifs is 3. The van der Waals surface area contributed by atoms with Gasteiger partial charge in [0.05, 0.1) is 13.2 Å². The van der Waals surface area contributed by atoms with Crippen LogP contribution in [0.2, 0.25) is 0 Å². The lowest BCUT2D eigenvalue weighted by molar-refractivity contribution is 0.0764. The SMILES string of the molecule is CC(C)CCN1CCOCCOc2ccc(C(=O)NCC3CCN(C)CC3)cc2Cc2cccc(c2)C1. The maximum absolute atomic E-state index is 13.0. The highest BCUT2D eigenvalue weighted by Crippen LogP contribution is 2.25. The van der Waals surface area contributed by atoms with Crippen LogP contribution in [0.5, 0.6) is 5.75 Å². The van der Waals surface area contributed by atoms with Crippen molar-refractivity contribution in [3.8, 4) is 5.75 Å². The third-order valence-corrected chi connectivity index (χ3v) is 7.56. The fourth-order valence-electron chi connectivity index (χ4n) is 5.14. The Kier molecular flexibility index (Phi) is 10.4. The summed E-state index contributed by atoms with van der Waals surface area (Å²) in [4.78, 5) is 17.9. The van der Waals surface area contributed by atoms with E-state index in [1.165, 1.54) is 17.5 Å². The quantitative estimate of drug-likeness (QED) is 0.619. The van der Waals surface area contributed by atoms with E-state index in [1.807, 2.05) is 18.2 Å². The molecule has 0 aromatic heterocycles. The lowest BCUT2D eigenvalue weighted by atomic mass is 9.97. The largest absolute Gasteiger partial charge is 0.491 e. The van der Waals surface area contributed by atoms with Crippen LogP contribution in [0.25, 0.3) is 0 Å². The van der Waals surface area contributed by atoms with E-state index in [2.05, 4.69) is 60.3 Å². The molecule has 1 fully saturated rings. The van der Waals surface area contributed by atoms with Crippen molar-refractivity contribution in [3.05, 3.63) is 64.7 Å². The zero-order chi connectivity index (χ0) is 26.0. The summed E-state index contributed by atoms with van der Waals surface area (Å²) in [5.41, 5.74) is 4.29.